The molecule has 2 heteroatoms. The quantitative estimate of drug-likeness (QED) is 0.160. The first-order chi connectivity index (χ1) is 27.8. The maximum atomic E-state index is 6.39. The van der Waals surface area contributed by atoms with Crippen LogP contribution >= 0.6 is 0 Å². The molecular weight excluding hydrogens is 679 g/mol. The summed E-state index contributed by atoms with van der Waals surface area (Å²) in [6.45, 7) is 0. The van der Waals surface area contributed by atoms with E-state index in [-0.39, 0.29) is 0 Å². The van der Waals surface area contributed by atoms with Crippen LogP contribution in [-0.2, 0) is 0 Å². The Bertz CT molecular complexity index is 3240. The molecule has 10 aromatic carbocycles. The average Bonchev–Trinajstić information content (AvgIpc) is 3.66. The lowest BCUT2D eigenvalue weighted by molar-refractivity contribution is 0.669. The molecule has 11 aromatic rings. The lowest BCUT2D eigenvalue weighted by Crippen LogP contribution is -2.10. The van der Waals surface area contributed by atoms with E-state index in [0.717, 1.165) is 44.6 Å². The van der Waals surface area contributed by atoms with E-state index in [9.17, 15) is 0 Å². The minimum absolute atomic E-state index is 0.870. The highest BCUT2D eigenvalue weighted by Gasteiger charge is 2.20. The van der Waals surface area contributed by atoms with Gasteiger partial charge in [0.05, 0.1) is 11.1 Å². The maximum Gasteiger partial charge on any atom is 0.137 e. The van der Waals surface area contributed by atoms with Gasteiger partial charge in [-0.3, -0.25) is 0 Å². The second-order valence-corrected chi connectivity index (χ2v) is 14.5. The summed E-state index contributed by atoms with van der Waals surface area (Å²) < 4.78 is 6.39. The molecule has 0 atom stereocenters. The third-order valence-corrected chi connectivity index (χ3v) is 11.3. The number of para-hydroxylation sites is 1. The molecule has 0 radical (unpaired) electrons. The van der Waals surface area contributed by atoms with Crippen LogP contribution < -0.4 is 4.90 Å². The smallest absolute Gasteiger partial charge is 0.137 e. The van der Waals surface area contributed by atoms with Gasteiger partial charge in [-0.2, -0.15) is 0 Å². The molecular formula is C54H35NO. The minimum Gasteiger partial charge on any atom is -0.456 e. The Hall–Kier alpha value is -7.42. The Morgan fingerprint density at radius 1 is 0.304 bits per heavy atom. The summed E-state index contributed by atoms with van der Waals surface area (Å²) in [6, 6.07) is 76.5. The molecule has 262 valence electrons. The fraction of sp³-hybridized carbons (Fsp3) is 0. The van der Waals surface area contributed by atoms with E-state index in [1.165, 1.54) is 60.1 Å². The van der Waals surface area contributed by atoms with Gasteiger partial charge < -0.3 is 9.32 Å². The molecule has 0 saturated carbocycles. The lowest BCUT2D eigenvalue weighted by atomic mass is 9.93. The van der Waals surface area contributed by atoms with Gasteiger partial charge in [-0.15, -0.1) is 0 Å². The van der Waals surface area contributed by atoms with Crippen molar-refractivity contribution in [3.8, 4) is 33.4 Å². The number of nitrogens with zero attached hydrogens (tertiary/aromatic N) is 1. The Morgan fingerprint density at radius 2 is 0.875 bits per heavy atom. The zero-order chi connectivity index (χ0) is 37.0. The monoisotopic (exact) mass is 713 g/mol. The molecule has 1 aromatic heterocycles. The molecule has 0 aliphatic carbocycles. The lowest BCUT2D eigenvalue weighted by Gasteiger charge is -2.27. The highest BCUT2D eigenvalue weighted by atomic mass is 16.3. The number of furan rings is 1. The summed E-state index contributed by atoms with van der Waals surface area (Å²) in [5.41, 5.74) is 12.1. The standard InChI is InChI=1S/C54H35NO/c1-3-16-44-37(11-1)13-8-19-45(44)40-29-32-42(33-30-40)55(51-22-10-24-53-54(51)50-18-5-6-23-52(50)56-53)43-15-7-14-41(35-43)36-25-27-39(28-26-36)47-20-9-21-48-46-17-4-2-12-38(46)31-34-49(47)48/h1-35H. The molecule has 56 heavy (non-hydrogen) atoms. The van der Waals surface area contributed by atoms with Crippen molar-refractivity contribution in [2.75, 3.05) is 4.90 Å². The van der Waals surface area contributed by atoms with Crippen LogP contribution in [0.3, 0.4) is 0 Å². The molecule has 0 unspecified atom stereocenters. The predicted molar refractivity (Wildman–Crippen MR) is 237 cm³/mol. The first-order valence-electron chi connectivity index (χ1n) is 19.2. The van der Waals surface area contributed by atoms with Crippen molar-refractivity contribution in [1.82, 2.24) is 0 Å². The van der Waals surface area contributed by atoms with Crippen molar-refractivity contribution in [3.05, 3.63) is 212 Å². The van der Waals surface area contributed by atoms with E-state index in [2.05, 4.69) is 205 Å². The van der Waals surface area contributed by atoms with E-state index in [1.54, 1.807) is 0 Å². The minimum atomic E-state index is 0.870. The maximum absolute atomic E-state index is 6.39. The molecule has 1 heterocycles. The highest BCUT2D eigenvalue weighted by molar-refractivity contribution is 6.14. The summed E-state index contributed by atoms with van der Waals surface area (Å²) in [5.74, 6) is 0. The van der Waals surface area contributed by atoms with Gasteiger partial charge in [-0.1, -0.05) is 170 Å². The van der Waals surface area contributed by atoms with Crippen molar-refractivity contribution in [2.24, 2.45) is 0 Å². The summed E-state index contributed by atoms with van der Waals surface area (Å²) in [7, 11) is 0. The first-order valence-corrected chi connectivity index (χ1v) is 19.2. The van der Waals surface area contributed by atoms with Crippen molar-refractivity contribution in [3.63, 3.8) is 0 Å². The van der Waals surface area contributed by atoms with Gasteiger partial charge in [0.1, 0.15) is 11.2 Å². The van der Waals surface area contributed by atoms with Crippen molar-refractivity contribution < 1.29 is 4.42 Å². The van der Waals surface area contributed by atoms with E-state index >= 15 is 0 Å². The van der Waals surface area contributed by atoms with Crippen molar-refractivity contribution in [1.29, 1.82) is 0 Å². The molecule has 0 spiro atoms. The van der Waals surface area contributed by atoms with Crippen LogP contribution in [0.2, 0.25) is 0 Å². The van der Waals surface area contributed by atoms with E-state index in [4.69, 9.17) is 4.42 Å². The van der Waals surface area contributed by atoms with Crippen LogP contribution in [0, 0.1) is 0 Å². The molecule has 0 saturated heterocycles. The average molecular weight is 714 g/mol. The second kappa shape index (κ2) is 13.2. The van der Waals surface area contributed by atoms with Gasteiger partial charge in [-0.05, 0) is 108 Å². The fourth-order valence-electron chi connectivity index (χ4n) is 8.60. The Labute approximate surface area is 325 Å². The van der Waals surface area contributed by atoms with Crippen LogP contribution in [0.5, 0.6) is 0 Å². The van der Waals surface area contributed by atoms with Crippen molar-refractivity contribution in [2.45, 2.75) is 0 Å². The Morgan fingerprint density at radius 3 is 1.70 bits per heavy atom. The third kappa shape index (κ3) is 5.34. The van der Waals surface area contributed by atoms with Crippen LogP contribution in [-0.4, -0.2) is 0 Å². The summed E-state index contributed by atoms with van der Waals surface area (Å²) in [4.78, 5) is 2.37. The number of rotatable bonds is 6. The molecule has 0 amide bonds. The SMILES string of the molecule is c1cc(-c2ccc(-c3cccc4c3ccc3ccccc34)cc2)cc(N(c2ccc(-c3cccc4ccccc34)cc2)c2cccc3oc4ccccc4c23)c1. The van der Waals surface area contributed by atoms with Crippen LogP contribution in [0.25, 0.3) is 87.6 Å². The number of anilines is 3. The number of benzene rings is 10. The fourth-order valence-corrected chi connectivity index (χ4v) is 8.60. The summed E-state index contributed by atoms with van der Waals surface area (Å²) >= 11 is 0. The van der Waals surface area contributed by atoms with Gasteiger partial charge in [-0.25, -0.2) is 0 Å². The van der Waals surface area contributed by atoms with Crippen molar-refractivity contribution >= 4 is 71.3 Å². The Balaban J connectivity index is 1.02. The summed E-state index contributed by atoms with van der Waals surface area (Å²) in [6.07, 6.45) is 0. The largest absolute Gasteiger partial charge is 0.456 e. The molecule has 0 aliphatic rings. The topological polar surface area (TPSA) is 16.4 Å². The highest BCUT2D eigenvalue weighted by Crippen LogP contribution is 2.44. The van der Waals surface area contributed by atoms with Crippen LogP contribution in [0.15, 0.2) is 217 Å². The van der Waals surface area contributed by atoms with Crippen LogP contribution in [0.4, 0.5) is 17.1 Å². The Kier molecular flexibility index (Phi) is 7.53. The molecule has 0 bridgehead atoms. The van der Waals surface area contributed by atoms with Gasteiger partial charge >= 0.3 is 0 Å². The van der Waals surface area contributed by atoms with Gasteiger partial charge in [0.15, 0.2) is 0 Å². The second-order valence-electron chi connectivity index (χ2n) is 14.5. The van der Waals surface area contributed by atoms with Gasteiger partial charge in [0.2, 0.25) is 0 Å². The molecule has 0 N–H and O–H groups in total. The van der Waals surface area contributed by atoms with Crippen LogP contribution in [0.1, 0.15) is 0 Å². The molecule has 0 aliphatic heterocycles. The first kappa shape index (κ1) is 32.0. The zero-order valence-corrected chi connectivity index (χ0v) is 30.6. The normalized spacial score (nSPS) is 11.6. The molecule has 11 rings (SSSR count). The number of hydrogen-bond donors (Lipinski definition) is 0. The molecule has 0 fully saturated rings. The summed E-state index contributed by atoms with van der Waals surface area (Å²) in [5, 5.41) is 9.78. The van der Waals surface area contributed by atoms with E-state index in [0.29, 0.717) is 0 Å². The molecule has 2 nitrogen and oxygen atoms in total. The van der Waals surface area contributed by atoms with E-state index in [1.807, 2.05) is 12.1 Å². The van der Waals surface area contributed by atoms with E-state index < -0.39 is 0 Å². The number of fused-ring (bicyclic) bond motifs is 7. The third-order valence-electron chi connectivity index (χ3n) is 11.3. The predicted octanol–water partition coefficient (Wildman–Crippen LogP) is 15.5. The van der Waals surface area contributed by atoms with Gasteiger partial charge in [0.25, 0.3) is 0 Å². The van der Waals surface area contributed by atoms with Gasteiger partial charge in [0, 0.05) is 16.8 Å². The number of hydrogen-bond acceptors (Lipinski definition) is 2. The zero-order valence-electron chi connectivity index (χ0n) is 30.6.